The Morgan fingerprint density at radius 1 is 1.03 bits per heavy atom. The molecule has 356 valence electrons. The van der Waals surface area contributed by atoms with Gasteiger partial charge in [0.1, 0.15) is 18.0 Å². The van der Waals surface area contributed by atoms with Crippen molar-refractivity contribution < 1.29 is 46.6 Å². The molecule has 1 aromatic carbocycles. The van der Waals surface area contributed by atoms with Crippen LogP contribution in [0, 0.1) is 29.1 Å². The Hall–Kier alpha value is -4.99. The lowest BCUT2D eigenvalue weighted by molar-refractivity contribution is -0.156. The van der Waals surface area contributed by atoms with Crippen molar-refractivity contribution in [3.05, 3.63) is 54.6 Å². The number of ether oxygens (including phenoxy) is 3. The summed E-state index contributed by atoms with van der Waals surface area (Å²) in [6, 6.07) is 6.59. The van der Waals surface area contributed by atoms with E-state index < -0.39 is 56.0 Å². The Balaban J connectivity index is 1.06. The summed E-state index contributed by atoms with van der Waals surface area (Å²) >= 11 is 0. The van der Waals surface area contributed by atoms with Crippen molar-refractivity contribution in [2.45, 2.75) is 139 Å². The van der Waals surface area contributed by atoms with Gasteiger partial charge < -0.3 is 29.3 Å². The van der Waals surface area contributed by atoms with E-state index in [0.717, 1.165) is 68.7 Å². The number of benzene rings is 1. The van der Waals surface area contributed by atoms with Crippen molar-refractivity contribution in [3.8, 4) is 11.6 Å². The molecular weight excluding hydrogens is 863 g/mol. The van der Waals surface area contributed by atoms with Crippen molar-refractivity contribution in [2.24, 2.45) is 29.1 Å². The molecule has 4 saturated carbocycles. The summed E-state index contributed by atoms with van der Waals surface area (Å²) in [7, 11) is -3.98. The highest BCUT2D eigenvalue weighted by Gasteiger charge is 2.62. The van der Waals surface area contributed by atoms with Gasteiger partial charge in [-0.25, -0.2) is 18.2 Å². The van der Waals surface area contributed by atoms with Gasteiger partial charge in [-0.2, -0.15) is 0 Å². The maximum Gasteiger partial charge on any atom is 0.317 e. The van der Waals surface area contributed by atoms with Gasteiger partial charge in [-0.05, 0) is 114 Å². The predicted octanol–water partition coefficient (Wildman–Crippen LogP) is 6.33. The lowest BCUT2D eigenvalue weighted by Crippen LogP contribution is -2.48. The molecular formula is C50H65N5O10S. The standard InChI is InChI=1S/C50H65N5O10S/c1-3-34-29-50(34,47(59)53-66(61,62)49(2)21-22-49)30-41(56)40-27-35-31-55(40)46(58)38(32-13-7-8-14-32)28-43(57)65-42-20-11-16-33(42)15-5-4-6-18-37-44(63-26-12-24-54-25-23-51-48(54)60)36-17-9-10-19-39(36)52-45(37)64-35/h3-4,6,9-10,17,19,32-35,38,40,42H,1,5,7-8,11-16,18,20-31H2,2H3,(H,51,60)(H,53,59)/b6-4+/t33-,34-,35-,38+,40+,42-,50-/m1/s1. The average molecular weight is 928 g/mol. The van der Waals surface area contributed by atoms with Crippen LogP contribution in [-0.4, -0.2) is 109 Å². The van der Waals surface area contributed by atoms with Crippen molar-refractivity contribution >= 4 is 50.5 Å². The zero-order chi connectivity index (χ0) is 46.2. The number of aromatic nitrogens is 1. The molecule has 6 fully saturated rings. The third-order valence-corrected chi connectivity index (χ3v) is 18.0. The van der Waals surface area contributed by atoms with Crippen molar-refractivity contribution in [1.82, 2.24) is 24.8 Å². The number of para-hydroxylation sites is 1. The maximum absolute atomic E-state index is 15.2. The number of hydrogen-bond acceptors (Lipinski definition) is 11. The van der Waals surface area contributed by atoms with Crippen molar-refractivity contribution in [3.63, 3.8) is 0 Å². The van der Waals surface area contributed by atoms with Crippen molar-refractivity contribution in [1.29, 1.82) is 0 Å². The van der Waals surface area contributed by atoms with Crippen LogP contribution in [-0.2, 0) is 40.4 Å². The zero-order valence-corrected chi connectivity index (χ0v) is 39.0. The molecule has 0 spiro atoms. The minimum absolute atomic E-state index is 0.0346. The number of nitrogens with one attached hydrogen (secondary N) is 2. The van der Waals surface area contributed by atoms with E-state index in [2.05, 4.69) is 28.8 Å². The Morgan fingerprint density at radius 2 is 1.82 bits per heavy atom. The highest BCUT2D eigenvalue weighted by atomic mass is 32.2. The summed E-state index contributed by atoms with van der Waals surface area (Å²) < 4.78 is 47.6. The third kappa shape index (κ3) is 9.44. The molecule has 9 rings (SSSR count). The number of hydrogen-bond donors (Lipinski definition) is 2. The van der Waals surface area contributed by atoms with E-state index in [-0.39, 0.29) is 67.9 Å². The number of pyridine rings is 1. The van der Waals surface area contributed by atoms with Gasteiger partial charge in [-0.15, -0.1) is 6.58 Å². The molecule has 2 aromatic rings. The molecule has 66 heavy (non-hydrogen) atoms. The Labute approximate surface area is 387 Å². The Bertz CT molecular complexity index is 2380. The minimum atomic E-state index is -3.98. The SMILES string of the molecule is C=C[C@@H]1C[C@]1(CC(=O)[C@@H]1C[C@@H]2CN1C(=O)[C@H](C1CCCC1)CC(=O)O[C@@H]1CCC[C@H]1CC/C=C/Cc1c(nc3ccccc3c1OCCCN1CCNC1=O)O2)C(=O)NS(=O)(=O)C1(C)CC1. The number of allylic oxidation sites excluding steroid dienone is 3. The monoisotopic (exact) mass is 927 g/mol. The van der Waals surface area contributed by atoms with E-state index in [9.17, 15) is 27.6 Å². The van der Waals surface area contributed by atoms with Crippen LogP contribution in [0.4, 0.5) is 4.79 Å². The number of rotatable bonds is 13. The molecule has 0 unspecified atom stereocenters. The quantitative estimate of drug-likeness (QED) is 0.130. The Kier molecular flexibility index (Phi) is 13.2. The molecule has 4 aliphatic carbocycles. The van der Waals surface area contributed by atoms with Gasteiger partial charge in [0.25, 0.3) is 0 Å². The molecule has 7 atom stereocenters. The van der Waals surface area contributed by atoms with Gasteiger partial charge in [-0.3, -0.25) is 23.9 Å². The largest absolute Gasteiger partial charge is 0.492 e. The minimum Gasteiger partial charge on any atom is -0.492 e. The lowest BCUT2D eigenvalue weighted by Gasteiger charge is -2.31. The Morgan fingerprint density at radius 3 is 2.56 bits per heavy atom. The molecule has 2 bridgehead atoms. The smallest absolute Gasteiger partial charge is 0.317 e. The van der Waals surface area contributed by atoms with Crippen LogP contribution in [0.1, 0.15) is 115 Å². The predicted molar refractivity (Wildman–Crippen MR) is 246 cm³/mol. The fourth-order valence-electron chi connectivity index (χ4n) is 11.3. The molecule has 15 nitrogen and oxygen atoms in total. The molecule has 1 aromatic heterocycles. The summed E-state index contributed by atoms with van der Waals surface area (Å²) in [4.78, 5) is 78.6. The van der Waals surface area contributed by atoms with E-state index in [1.165, 1.54) is 0 Å². The van der Waals surface area contributed by atoms with Crippen LogP contribution in [0.3, 0.4) is 0 Å². The number of nitrogens with zero attached hydrogens (tertiary/aromatic N) is 3. The van der Waals surface area contributed by atoms with Gasteiger partial charge in [-0.1, -0.05) is 43.2 Å². The van der Waals surface area contributed by atoms with E-state index in [4.69, 9.17) is 19.2 Å². The van der Waals surface area contributed by atoms with Crippen LogP contribution in [0.2, 0.25) is 0 Å². The van der Waals surface area contributed by atoms with Gasteiger partial charge in [0, 0.05) is 37.9 Å². The molecule has 4 heterocycles. The average Bonchev–Trinajstić information content (AvgIpc) is 3.76. The van der Waals surface area contributed by atoms with Crippen LogP contribution >= 0.6 is 0 Å². The molecule has 2 saturated heterocycles. The van der Waals surface area contributed by atoms with E-state index in [1.54, 1.807) is 22.8 Å². The van der Waals surface area contributed by atoms with Gasteiger partial charge >= 0.3 is 12.0 Å². The van der Waals surface area contributed by atoms with Crippen LogP contribution in [0.5, 0.6) is 11.6 Å². The maximum atomic E-state index is 15.2. The molecule has 4 amide bonds. The number of carbonyl (C=O) groups excluding carboxylic acids is 5. The molecule has 16 heteroatoms. The van der Waals surface area contributed by atoms with Crippen LogP contribution < -0.4 is 19.5 Å². The van der Waals surface area contributed by atoms with E-state index >= 15 is 4.79 Å². The topological polar surface area (TPSA) is 191 Å². The number of sulfonamides is 1. The van der Waals surface area contributed by atoms with Crippen LogP contribution in [0.25, 0.3) is 10.9 Å². The molecule has 7 aliphatic rings. The summed E-state index contributed by atoms with van der Waals surface area (Å²) in [5.74, 6) is -1.84. The zero-order valence-electron chi connectivity index (χ0n) is 38.2. The normalized spacial score (nSPS) is 30.6. The summed E-state index contributed by atoms with van der Waals surface area (Å²) in [5.41, 5.74) is 0.0459. The fraction of sp³-hybridized carbons (Fsp3) is 0.640. The first-order valence-electron chi connectivity index (χ1n) is 24.4. The summed E-state index contributed by atoms with van der Waals surface area (Å²) in [5, 5.41) is 3.65. The second-order valence-corrected chi connectivity index (χ2v) is 22.4. The number of esters is 1. The number of carbonyl (C=O) groups is 5. The number of Topliss-reactive ketones (excluding diaryl/α,β-unsaturated/α-hetero) is 1. The molecule has 0 radical (unpaired) electrons. The second kappa shape index (κ2) is 19.0. The van der Waals surface area contributed by atoms with Crippen molar-refractivity contribution in [2.75, 3.05) is 32.8 Å². The third-order valence-electron chi connectivity index (χ3n) is 15.8. The first kappa shape index (κ1) is 46.1. The van der Waals surface area contributed by atoms with Gasteiger partial charge in [0.05, 0.1) is 52.8 Å². The fourth-order valence-corrected chi connectivity index (χ4v) is 12.7. The summed E-state index contributed by atoms with van der Waals surface area (Å²) in [6.45, 7) is 7.68. The number of fused-ring (bicyclic) bond motifs is 5. The molecule has 2 N–H and O–H groups in total. The highest BCUT2D eigenvalue weighted by Crippen LogP contribution is 2.57. The highest BCUT2D eigenvalue weighted by molar-refractivity contribution is 7.91. The first-order chi connectivity index (χ1) is 31.8. The summed E-state index contributed by atoms with van der Waals surface area (Å²) in [6.07, 6.45) is 14.6. The van der Waals surface area contributed by atoms with Gasteiger partial charge in [0.2, 0.25) is 27.7 Å². The number of urea groups is 1. The number of ketones is 1. The second-order valence-electron chi connectivity index (χ2n) is 20.2. The lowest BCUT2D eigenvalue weighted by atomic mass is 9.86. The van der Waals surface area contributed by atoms with Crippen LogP contribution in [0.15, 0.2) is 49.1 Å². The van der Waals surface area contributed by atoms with Gasteiger partial charge in [0.15, 0.2) is 5.78 Å². The van der Waals surface area contributed by atoms with E-state index in [1.807, 2.05) is 24.3 Å². The first-order valence-corrected chi connectivity index (χ1v) is 25.9. The van der Waals surface area contributed by atoms with E-state index in [0.29, 0.717) is 69.1 Å². The molecule has 3 aliphatic heterocycles. The number of amides is 4.